The summed E-state index contributed by atoms with van der Waals surface area (Å²) in [4.78, 5) is 27.3. The fourth-order valence-electron chi connectivity index (χ4n) is 2.51. The summed E-state index contributed by atoms with van der Waals surface area (Å²) >= 11 is 0. The highest BCUT2D eigenvalue weighted by Crippen LogP contribution is 2.19. The van der Waals surface area contributed by atoms with Crippen LogP contribution in [0.1, 0.15) is 25.7 Å². The van der Waals surface area contributed by atoms with Crippen molar-refractivity contribution in [1.29, 1.82) is 0 Å². The number of hydrazone groups is 1. The van der Waals surface area contributed by atoms with Crippen LogP contribution in [-0.4, -0.2) is 60.6 Å². The maximum absolute atomic E-state index is 12.3. The summed E-state index contributed by atoms with van der Waals surface area (Å²) in [6, 6.07) is 0.271. The first kappa shape index (κ1) is 13.0. The van der Waals surface area contributed by atoms with E-state index < -0.39 is 0 Å². The predicted molar refractivity (Wildman–Crippen MR) is 68.1 cm³/mol. The number of carbonyl (C=O) groups excluding carboxylic acids is 2. The fraction of sp³-hybridized carbons (Fsp3) is 0.750. The maximum atomic E-state index is 12.3. The van der Waals surface area contributed by atoms with Gasteiger partial charge < -0.3 is 9.80 Å². The number of carbonyl (C=O) groups is 2. The van der Waals surface area contributed by atoms with Gasteiger partial charge in [0.1, 0.15) is 5.71 Å². The van der Waals surface area contributed by atoms with E-state index in [2.05, 4.69) is 15.4 Å². The van der Waals surface area contributed by atoms with E-state index in [0.717, 1.165) is 25.9 Å². The van der Waals surface area contributed by atoms with Crippen molar-refractivity contribution in [2.45, 2.75) is 31.7 Å². The molecule has 0 aromatic carbocycles. The lowest BCUT2D eigenvalue weighted by atomic mass is 10.1. The molecule has 0 bridgehead atoms. The molecule has 0 aromatic rings. The molecule has 1 N–H and O–H groups in total. The van der Waals surface area contributed by atoms with Gasteiger partial charge in [0.05, 0.1) is 0 Å². The molecule has 18 heavy (non-hydrogen) atoms. The van der Waals surface area contributed by atoms with E-state index in [0.29, 0.717) is 18.6 Å². The predicted octanol–water partition coefficient (Wildman–Crippen LogP) is -0.195. The number of hydrogen-bond acceptors (Lipinski definition) is 4. The van der Waals surface area contributed by atoms with Crippen LogP contribution in [0.2, 0.25) is 0 Å². The van der Waals surface area contributed by atoms with Crippen LogP contribution >= 0.6 is 0 Å². The van der Waals surface area contributed by atoms with E-state index in [1.165, 1.54) is 0 Å². The second kappa shape index (κ2) is 5.48. The molecule has 1 fully saturated rings. The Kier molecular flexibility index (Phi) is 3.96. The molecule has 1 atom stereocenters. The van der Waals surface area contributed by atoms with Crippen LogP contribution < -0.4 is 5.43 Å². The molecule has 0 radical (unpaired) electrons. The van der Waals surface area contributed by atoms with Gasteiger partial charge in [-0.15, -0.1) is 0 Å². The van der Waals surface area contributed by atoms with Crippen molar-refractivity contribution in [2.24, 2.45) is 5.10 Å². The number of amides is 2. The molecule has 6 nitrogen and oxygen atoms in total. The highest BCUT2D eigenvalue weighted by atomic mass is 16.2. The van der Waals surface area contributed by atoms with Gasteiger partial charge in [0.2, 0.25) is 5.91 Å². The number of likely N-dealkylation sites (N-methyl/N-ethyl adjacent to an activating group) is 1. The summed E-state index contributed by atoms with van der Waals surface area (Å²) in [7, 11) is 4.03. The van der Waals surface area contributed by atoms with Gasteiger partial charge in [0, 0.05) is 32.0 Å². The smallest absolute Gasteiger partial charge is 0.270 e. The SMILES string of the molecule is CN(C)CC1CCCN1C(=O)C1=NNC(=O)CC1. The van der Waals surface area contributed by atoms with E-state index in [4.69, 9.17) is 0 Å². The van der Waals surface area contributed by atoms with Crippen molar-refractivity contribution < 1.29 is 9.59 Å². The van der Waals surface area contributed by atoms with Crippen LogP contribution in [0.4, 0.5) is 0 Å². The van der Waals surface area contributed by atoms with Gasteiger partial charge in [-0.3, -0.25) is 9.59 Å². The molecule has 2 aliphatic rings. The summed E-state index contributed by atoms with van der Waals surface area (Å²) in [6.07, 6.45) is 2.90. The Hall–Kier alpha value is -1.43. The fourth-order valence-corrected chi connectivity index (χ4v) is 2.51. The monoisotopic (exact) mass is 252 g/mol. The Bertz CT molecular complexity index is 378. The molecule has 1 saturated heterocycles. The van der Waals surface area contributed by atoms with Crippen molar-refractivity contribution in [3.05, 3.63) is 0 Å². The van der Waals surface area contributed by atoms with Crippen molar-refractivity contribution in [1.82, 2.24) is 15.2 Å². The van der Waals surface area contributed by atoms with E-state index in [-0.39, 0.29) is 17.9 Å². The van der Waals surface area contributed by atoms with E-state index in [1.807, 2.05) is 19.0 Å². The van der Waals surface area contributed by atoms with Crippen LogP contribution in [-0.2, 0) is 9.59 Å². The van der Waals surface area contributed by atoms with Crippen LogP contribution in [0.25, 0.3) is 0 Å². The number of rotatable bonds is 3. The number of nitrogens with zero attached hydrogens (tertiary/aromatic N) is 3. The normalized spacial score (nSPS) is 24.2. The average Bonchev–Trinajstić information content (AvgIpc) is 2.76. The molecule has 0 spiro atoms. The highest BCUT2D eigenvalue weighted by molar-refractivity contribution is 6.39. The number of nitrogens with one attached hydrogen (secondary N) is 1. The summed E-state index contributed by atoms with van der Waals surface area (Å²) in [6.45, 7) is 1.68. The van der Waals surface area contributed by atoms with Gasteiger partial charge in [0.25, 0.3) is 5.91 Å². The van der Waals surface area contributed by atoms with E-state index in [1.54, 1.807) is 0 Å². The van der Waals surface area contributed by atoms with Crippen LogP contribution in [0, 0.1) is 0 Å². The maximum Gasteiger partial charge on any atom is 0.270 e. The van der Waals surface area contributed by atoms with Crippen LogP contribution in [0.3, 0.4) is 0 Å². The number of hydrogen-bond donors (Lipinski definition) is 1. The Labute approximate surface area is 107 Å². The molecule has 2 aliphatic heterocycles. The lowest BCUT2D eigenvalue weighted by Crippen LogP contribution is -2.45. The van der Waals surface area contributed by atoms with Gasteiger partial charge in [-0.2, -0.15) is 5.10 Å². The Balaban J connectivity index is 2.01. The zero-order valence-corrected chi connectivity index (χ0v) is 11.0. The Morgan fingerprint density at radius 1 is 1.50 bits per heavy atom. The van der Waals surface area contributed by atoms with Crippen LogP contribution in [0.15, 0.2) is 5.10 Å². The molecule has 0 aliphatic carbocycles. The van der Waals surface area contributed by atoms with Crippen molar-refractivity contribution >= 4 is 17.5 Å². The molecule has 1 unspecified atom stereocenters. The molecule has 0 aromatic heterocycles. The quantitative estimate of drug-likeness (QED) is 0.757. The zero-order chi connectivity index (χ0) is 13.1. The van der Waals surface area contributed by atoms with E-state index in [9.17, 15) is 9.59 Å². The van der Waals surface area contributed by atoms with Crippen molar-refractivity contribution in [3.63, 3.8) is 0 Å². The molecular weight excluding hydrogens is 232 g/mol. The first-order chi connectivity index (χ1) is 8.58. The van der Waals surface area contributed by atoms with Gasteiger partial charge in [0.15, 0.2) is 0 Å². The lowest BCUT2D eigenvalue weighted by molar-refractivity contribution is -0.125. The molecule has 6 heteroatoms. The summed E-state index contributed by atoms with van der Waals surface area (Å²) in [5.41, 5.74) is 2.87. The van der Waals surface area contributed by atoms with Gasteiger partial charge in [-0.1, -0.05) is 0 Å². The third-order valence-corrected chi connectivity index (χ3v) is 3.37. The summed E-state index contributed by atoms with van der Waals surface area (Å²) in [5, 5.41) is 3.88. The Morgan fingerprint density at radius 3 is 2.89 bits per heavy atom. The van der Waals surface area contributed by atoms with E-state index >= 15 is 0 Å². The largest absolute Gasteiger partial charge is 0.333 e. The van der Waals surface area contributed by atoms with Gasteiger partial charge in [-0.25, -0.2) is 5.43 Å². The van der Waals surface area contributed by atoms with Gasteiger partial charge >= 0.3 is 0 Å². The molecule has 2 heterocycles. The summed E-state index contributed by atoms with van der Waals surface area (Å²) < 4.78 is 0. The molecule has 2 rings (SSSR count). The van der Waals surface area contributed by atoms with Crippen molar-refractivity contribution in [3.8, 4) is 0 Å². The molecule has 100 valence electrons. The third-order valence-electron chi connectivity index (χ3n) is 3.37. The van der Waals surface area contributed by atoms with Gasteiger partial charge in [-0.05, 0) is 26.9 Å². The Morgan fingerprint density at radius 2 is 2.28 bits per heavy atom. The second-order valence-electron chi connectivity index (χ2n) is 5.15. The minimum atomic E-state index is -0.113. The zero-order valence-electron chi connectivity index (χ0n) is 11.0. The minimum Gasteiger partial charge on any atom is -0.333 e. The second-order valence-corrected chi connectivity index (χ2v) is 5.15. The minimum absolute atomic E-state index is 0.0145. The average molecular weight is 252 g/mol. The third kappa shape index (κ3) is 2.87. The summed E-state index contributed by atoms with van der Waals surface area (Å²) in [5.74, 6) is -0.128. The first-order valence-electron chi connectivity index (χ1n) is 6.39. The van der Waals surface area contributed by atoms with Crippen LogP contribution in [0.5, 0.6) is 0 Å². The highest BCUT2D eigenvalue weighted by Gasteiger charge is 2.32. The number of likely N-dealkylation sites (tertiary alicyclic amines) is 1. The lowest BCUT2D eigenvalue weighted by Gasteiger charge is -2.28. The topological polar surface area (TPSA) is 65.0 Å². The molecule has 0 saturated carbocycles. The molecular formula is C12H20N4O2. The molecule has 2 amide bonds. The standard InChI is InChI=1S/C12H20N4O2/c1-15(2)8-9-4-3-7-16(9)12(18)10-5-6-11(17)14-13-10/h9H,3-8H2,1-2H3,(H,14,17). The first-order valence-corrected chi connectivity index (χ1v) is 6.39. The van der Waals surface area contributed by atoms with Crippen molar-refractivity contribution in [2.75, 3.05) is 27.2 Å².